The Bertz CT molecular complexity index is 628. The molecule has 3 rings (SSSR count). The Hall–Kier alpha value is -1.75. The van der Waals surface area contributed by atoms with E-state index in [4.69, 9.17) is 0 Å². The van der Waals surface area contributed by atoms with Crippen LogP contribution in [0.15, 0.2) is 41.0 Å². The maximum absolute atomic E-state index is 11.2. The molecule has 4 nitrogen and oxygen atoms in total. The quantitative estimate of drug-likeness (QED) is 0.933. The van der Waals surface area contributed by atoms with Gasteiger partial charge in [0.05, 0.1) is 0 Å². The minimum absolute atomic E-state index is 0.255. The summed E-state index contributed by atoms with van der Waals surface area (Å²) in [5.41, 5.74) is 2.32. The molecule has 0 unspecified atom stereocenters. The SMILES string of the molecule is O=C(O)c1cc(Br)cn1-c1ccc(N2CCCC2)cc1. The monoisotopic (exact) mass is 334 g/mol. The lowest BCUT2D eigenvalue weighted by molar-refractivity contribution is 0.0688. The number of carboxylic acids is 1. The van der Waals surface area contributed by atoms with Gasteiger partial charge in [-0.15, -0.1) is 0 Å². The number of aromatic nitrogens is 1. The molecular formula is C15H15BrN2O2. The van der Waals surface area contributed by atoms with E-state index in [9.17, 15) is 9.90 Å². The third-order valence-corrected chi connectivity index (χ3v) is 4.04. The minimum Gasteiger partial charge on any atom is -0.477 e. The molecule has 1 aromatic heterocycles. The molecule has 0 atom stereocenters. The van der Waals surface area contributed by atoms with Crippen LogP contribution in [0, 0.1) is 0 Å². The lowest BCUT2D eigenvalue weighted by Gasteiger charge is -2.18. The molecule has 1 saturated heterocycles. The Morgan fingerprint density at radius 2 is 1.70 bits per heavy atom. The Morgan fingerprint density at radius 3 is 2.30 bits per heavy atom. The smallest absolute Gasteiger partial charge is 0.352 e. The number of hydrogen-bond acceptors (Lipinski definition) is 2. The summed E-state index contributed by atoms with van der Waals surface area (Å²) in [6, 6.07) is 9.65. The van der Waals surface area contributed by atoms with Crippen LogP contribution in [-0.4, -0.2) is 28.7 Å². The third kappa shape index (κ3) is 2.45. The van der Waals surface area contributed by atoms with Crippen LogP contribution in [0.5, 0.6) is 0 Å². The standard InChI is InChI=1S/C15H15BrN2O2/c16-11-9-14(15(19)20)18(10-11)13-5-3-12(4-6-13)17-7-1-2-8-17/h3-6,9-10H,1-2,7-8H2,(H,19,20). The van der Waals surface area contributed by atoms with E-state index < -0.39 is 5.97 Å². The van der Waals surface area contributed by atoms with Gasteiger partial charge in [0.2, 0.25) is 0 Å². The van der Waals surface area contributed by atoms with Crippen molar-refractivity contribution in [3.8, 4) is 5.69 Å². The van der Waals surface area contributed by atoms with Crippen LogP contribution in [0.1, 0.15) is 23.3 Å². The average Bonchev–Trinajstić information content (AvgIpc) is 3.08. The summed E-state index contributed by atoms with van der Waals surface area (Å²) in [6.45, 7) is 2.21. The summed E-state index contributed by atoms with van der Waals surface area (Å²) >= 11 is 3.32. The lowest BCUT2D eigenvalue weighted by Crippen LogP contribution is -2.17. The van der Waals surface area contributed by atoms with Gasteiger partial charge >= 0.3 is 5.97 Å². The maximum atomic E-state index is 11.2. The van der Waals surface area contributed by atoms with Crippen LogP contribution < -0.4 is 4.90 Å². The number of nitrogens with zero attached hydrogens (tertiary/aromatic N) is 2. The molecule has 1 N–H and O–H groups in total. The zero-order chi connectivity index (χ0) is 14.1. The van der Waals surface area contributed by atoms with Crippen LogP contribution >= 0.6 is 15.9 Å². The van der Waals surface area contributed by atoms with Crippen molar-refractivity contribution in [2.75, 3.05) is 18.0 Å². The molecule has 0 aliphatic carbocycles. The van der Waals surface area contributed by atoms with Gasteiger partial charge in [0, 0.05) is 35.1 Å². The van der Waals surface area contributed by atoms with Gasteiger partial charge in [-0.05, 0) is 59.1 Å². The molecule has 1 aromatic carbocycles. The average molecular weight is 335 g/mol. The zero-order valence-electron chi connectivity index (χ0n) is 10.9. The first-order chi connectivity index (χ1) is 9.65. The Kier molecular flexibility index (Phi) is 3.53. The number of carboxylic acid groups (broad SMARTS) is 1. The molecule has 5 heteroatoms. The molecule has 2 aromatic rings. The van der Waals surface area contributed by atoms with E-state index >= 15 is 0 Å². The molecule has 0 bridgehead atoms. The van der Waals surface area contributed by atoms with E-state index in [0.29, 0.717) is 0 Å². The van der Waals surface area contributed by atoms with Gasteiger partial charge in [-0.2, -0.15) is 0 Å². The number of halogens is 1. The van der Waals surface area contributed by atoms with E-state index in [2.05, 4.69) is 33.0 Å². The van der Waals surface area contributed by atoms with Gasteiger partial charge in [-0.25, -0.2) is 4.79 Å². The second-order valence-corrected chi connectivity index (χ2v) is 5.84. The van der Waals surface area contributed by atoms with Gasteiger partial charge in [0.1, 0.15) is 5.69 Å². The van der Waals surface area contributed by atoms with Crippen LogP contribution in [-0.2, 0) is 0 Å². The molecule has 1 fully saturated rings. The van der Waals surface area contributed by atoms with Crippen LogP contribution in [0.25, 0.3) is 5.69 Å². The Labute approximate surface area is 125 Å². The molecule has 0 spiro atoms. The molecule has 0 radical (unpaired) electrons. The van der Waals surface area contributed by atoms with Crippen molar-refractivity contribution >= 4 is 27.6 Å². The first-order valence-electron chi connectivity index (χ1n) is 6.62. The first kappa shape index (κ1) is 13.2. The summed E-state index contributed by atoms with van der Waals surface area (Å²) in [7, 11) is 0. The van der Waals surface area contributed by atoms with Crippen molar-refractivity contribution in [2.24, 2.45) is 0 Å². The number of hydrogen-bond donors (Lipinski definition) is 1. The zero-order valence-corrected chi connectivity index (χ0v) is 12.5. The number of rotatable bonds is 3. The summed E-state index contributed by atoms with van der Waals surface area (Å²) in [4.78, 5) is 13.6. The molecule has 2 heterocycles. The molecule has 0 amide bonds. The van der Waals surface area contributed by atoms with Crippen molar-refractivity contribution in [1.82, 2.24) is 4.57 Å². The highest BCUT2D eigenvalue weighted by Gasteiger charge is 2.15. The second-order valence-electron chi connectivity index (χ2n) is 4.93. The highest BCUT2D eigenvalue weighted by molar-refractivity contribution is 9.10. The summed E-state index contributed by atoms with van der Waals surface area (Å²) in [5, 5.41) is 9.22. The maximum Gasteiger partial charge on any atom is 0.352 e. The minimum atomic E-state index is -0.931. The number of carbonyl (C=O) groups is 1. The summed E-state index contributed by atoms with van der Waals surface area (Å²) < 4.78 is 2.44. The predicted molar refractivity (Wildman–Crippen MR) is 81.9 cm³/mol. The highest BCUT2D eigenvalue weighted by atomic mass is 79.9. The van der Waals surface area contributed by atoms with Crippen LogP contribution in [0.2, 0.25) is 0 Å². The van der Waals surface area contributed by atoms with Crippen molar-refractivity contribution in [3.05, 3.63) is 46.7 Å². The normalized spacial score (nSPS) is 14.8. The molecule has 0 saturated carbocycles. The Morgan fingerprint density at radius 1 is 1.10 bits per heavy atom. The molecule has 20 heavy (non-hydrogen) atoms. The lowest BCUT2D eigenvalue weighted by atomic mass is 10.2. The Balaban J connectivity index is 1.93. The fraction of sp³-hybridized carbons (Fsp3) is 0.267. The van der Waals surface area contributed by atoms with E-state index in [1.807, 2.05) is 12.1 Å². The van der Waals surface area contributed by atoms with Crippen LogP contribution in [0.3, 0.4) is 0 Å². The van der Waals surface area contributed by atoms with Gasteiger partial charge in [-0.3, -0.25) is 0 Å². The van der Waals surface area contributed by atoms with Crippen molar-refractivity contribution in [1.29, 1.82) is 0 Å². The topological polar surface area (TPSA) is 45.5 Å². The van der Waals surface area contributed by atoms with Crippen molar-refractivity contribution < 1.29 is 9.90 Å². The van der Waals surface area contributed by atoms with E-state index in [1.165, 1.54) is 18.5 Å². The second kappa shape index (κ2) is 5.32. The van der Waals surface area contributed by atoms with Gasteiger partial charge in [-0.1, -0.05) is 0 Å². The summed E-state index contributed by atoms with van der Waals surface area (Å²) in [5.74, 6) is -0.931. The highest BCUT2D eigenvalue weighted by Crippen LogP contribution is 2.24. The van der Waals surface area contributed by atoms with Crippen LogP contribution in [0.4, 0.5) is 5.69 Å². The fourth-order valence-corrected chi connectivity index (χ4v) is 3.03. The number of aromatic carboxylic acids is 1. The summed E-state index contributed by atoms with van der Waals surface area (Å²) in [6.07, 6.45) is 4.26. The van der Waals surface area contributed by atoms with Gasteiger partial charge < -0.3 is 14.6 Å². The van der Waals surface area contributed by atoms with E-state index in [0.717, 1.165) is 23.2 Å². The first-order valence-corrected chi connectivity index (χ1v) is 7.41. The molecule has 1 aliphatic heterocycles. The largest absolute Gasteiger partial charge is 0.477 e. The van der Waals surface area contributed by atoms with E-state index in [-0.39, 0.29) is 5.69 Å². The number of anilines is 1. The molecular weight excluding hydrogens is 320 g/mol. The van der Waals surface area contributed by atoms with Gasteiger partial charge in [0.25, 0.3) is 0 Å². The molecule has 104 valence electrons. The van der Waals surface area contributed by atoms with E-state index in [1.54, 1.807) is 16.8 Å². The third-order valence-electron chi connectivity index (χ3n) is 3.60. The van der Waals surface area contributed by atoms with Gasteiger partial charge in [0.15, 0.2) is 0 Å². The van der Waals surface area contributed by atoms with Crippen molar-refractivity contribution in [3.63, 3.8) is 0 Å². The number of benzene rings is 1. The predicted octanol–water partition coefficient (Wildman–Crippen LogP) is 3.54. The van der Waals surface area contributed by atoms with Crippen molar-refractivity contribution in [2.45, 2.75) is 12.8 Å². The fourth-order valence-electron chi connectivity index (χ4n) is 2.61. The molecule has 1 aliphatic rings.